The van der Waals surface area contributed by atoms with Crippen molar-refractivity contribution in [1.82, 2.24) is 5.32 Å². The number of halogens is 1. The van der Waals surface area contributed by atoms with E-state index in [0.717, 1.165) is 52.2 Å². The third kappa shape index (κ3) is 4.13. The standard InChI is InChI=1S/C21H21BrN2O2S/c1-2-17-16-11-14(22)6-8-19(16)27-20-7-5-13(10-18(20)24-17)21(25)23-12-15-4-3-9-26-15/h5-8,10-11,15H,2-4,9,12H2,1H3,(H,23,25)/t15-/m0/s1. The summed E-state index contributed by atoms with van der Waals surface area (Å²) >= 11 is 5.25. The molecule has 0 aromatic heterocycles. The molecule has 1 N–H and O–H groups in total. The maximum atomic E-state index is 12.6. The summed E-state index contributed by atoms with van der Waals surface area (Å²) in [4.78, 5) is 19.7. The van der Waals surface area contributed by atoms with Crippen molar-refractivity contribution in [3.63, 3.8) is 0 Å². The Hall–Kier alpha value is -1.63. The molecule has 27 heavy (non-hydrogen) atoms. The van der Waals surface area contributed by atoms with Crippen molar-refractivity contribution >= 4 is 45.0 Å². The van der Waals surface area contributed by atoms with E-state index in [1.165, 1.54) is 4.90 Å². The lowest BCUT2D eigenvalue weighted by atomic mass is 10.1. The number of carbonyl (C=O) groups excluding carboxylic acids is 1. The largest absolute Gasteiger partial charge is 0.376 e. The zero-order valence-corrected chi connectivity index (χ0v) is 17.5. The van der Waals surface area contributed by atoms with Crippen LogP contribution in [0.1, 0.15) is 42.1 Å². The van der Waals surface area contributed by atoms with Gasteiger partial charge in [-0.3, -0.25) is 9.79 Å². The van der Waals surface area contributed by atoms with Crippen LogP contribution in [-0.4, -0.2) is 30.9 Å². The summed E-state index contributed by atoms with van der Waals surface area (Å²) in [5.41, 5.74) is 3.68. The zero-order chi connectivity index (χ0) is 18.8. The second kappa shape index (κ2) is 8.17. The Morgan fingerprint density at radius 1 is 1.30 bits per heavy atom. The molecular weight excluding hydrogens is 424 g/mol. The molecule has 1 amide bonds. The minimum absolute atomic E-state index is 0.0731. The maximum Gasteiger partial charge on any atom is 0.251 e. The molecule has 2 aliphatic heterocycles. The van der Waals surface area contributed by atoms with Gasteiger partial charge in [0.2, 0.25) is 0 Å². The van der Waals surface area contributed by atoms with Gasteiger partial charge < -0.3 is 10.1 Å². The smallest absolute Gasteiger partial charge is 0.251 e. The van der Waals surface area contributed by atoms with E-state index in [4.69, 9.17) is 9.73 Å². The van der Waals surface area contributed by atoms with E-state index in [2.05, 4.69) is 46.4 Å². The van der Waals surface area contributed by atoms with Crippen molar-refractivity contribution in [2.24, 2.45) is 4.99 Å². The molecule has 2 aromatic rings. The first-order valence-electron chi connectivity index (χ1n) is 9.23. The van der Waals surface area contributed by atoms with Crippen LogP contribution in [0, 0.1) is 0 Å². The summed E-state index contributed by atoms with van der Waals surface area (Å²) in [7, 11) is 0. The lowest BCUT2D eigenvalue weighted by molar-refractivity contribution is 0.0858. The van der Waals surface area contributed by atoms with Crippen molar-refractivity contribution in [3.8, 4) is 0 Å². The lowest BCUT2D eigenvalue weighted by Crippen LogP contribution is -2.31. The van der Waals surface area contributed by atoms with Gasteiger partial charge in [-0.05, 0) is 55.7 Å². The molecule has 0 spiro atoms. The van der Waals surface area contributed by atoms with Gasteiger partial charge in [-0.1, -0.05) is 34.6 Å². The van der Waals surface area contributed by atoms with Crippen molar-refractivity contribution in [1.29, 1.82) is 0 Å². The fraction of sp³-hybridized carbons (Fsp3) is 0.333. The third-order valence-electron chi connectivity index (χ3n) is 4.80. The average molecular weight is 445 g/mol. The van der Waals surface area contributed by atoms with Crippen LogP contribution < -0.4 is 5.32 Å². The summed E-state index contributed by atoms with van der Waals surface area (Å²) in [6.07, 6.45) is 3.06. The van der Waals surface area contributed by atoms with Crippen LogP contribution >= 0.6 is 27.7 Å². The van der Waals surface area contributed by atoms with E-state index < -0.39 is 0 Å². The zero-order valence-electron chi connectivity index (χ0n) is 15.1. The van der Waals surface area contributed by atoms with E-state index in [1.54, 1.807) is 11.8 Å². The van der Waals surface area contributed by atoms with Crippen LogP contribution in [0.2, 0.25) is 0 Å². The van der Waals surface area contributed by atoms with Crippen molar-refractivity contribution in [2.75, 3.05) is 13.2 Å². The van der Waals surface area contributed by atoms with Crippen LogP contribution in [0.5, 0.6) is 0 Å². The summed E-state index contributed by atoms with van der Waals surface area (Å²) in [6, 6.07) is 12.1. The number of nitrogens with one attached hydrogen (secondary N) is 1. The summed E-state index contributed by atoms with van der Waals surface area (Å²) < 4.78 is 6.62. The minimum atomic E-state index is -0.0731. The van der Waals surface area contributed by atoms with Crippen LogP contribution in [0.25, 0.3) is 0 Å². The number of aliphatic imine (C=N–C) groups is 1. The number of rotatable bonds is 4. The van der Waals surface area contributed by atoms with Gasteiger partial charge in [0.15, 0.2) is 0 Å². The number of hydrogen-bond donors (Lipinski definition) is 1. The highest BCUT2D eigenvalue weighted by atomic mass is 79.9. The second-order valence-electron chi connectivity index (χ2n) is 6.68. The van der Waals surface area contributed by atoms with Crippen LogP contribution in [0.3, 0.4) is 0 Å². The number of nitrogens with zero attached hydrogens (tertiary/aromatic N) is 1. The Morgan fingerprint density at radius 3 is 2.93 bits per heavy atom. The normalized spacial score (nSPS) is 18.3. The highest BCUT2D eigenvalue weighted by molar-refractivity contribution is 9.10. The number of ether oxygens (including phenoxy) is 1. The molecule has 1 fully saturated rings. The van der Waals surface area contributed by atoms with E-state index in [9.17, 15) is 4.79 Å². The van der Waals surface area contributed by atoms with Crippen molar-refractivity contribution in [2.45, 2.75) is 42.1 Å². The quantitative estimate of drug-likeness (QED) is 0.690. The van der Waals surface area contributed by atoms with E-state index in [1.807, 2.05) is 18.2 Å². The van der Waals surface area contributed by atoms with Gasteiger partial charge in [-0.2, -0.15) is 0 Å². The van der Waals surface area contributed by atoms with Gasteiger partial charge in [0.25, 0.3) is 5.91 Å². The Labute approximate surface area is 171 Å². The topological polar surface area (TPSA) is 50.7 Å². The molecule has 0 saturated carbocycles. The van der Waals surface area contributed by atoms with Gasteiger partial charge in [0.1, 0.15) is 0 Å². The Bertz CT molecular complexity index is 907. The molecule has 6 heteroatoms. The highest BCUT2D eigenvalue weighted by Crippen LogP contribution is 2.41. The molecule has 2 aromatic carbocycles. The molecule has 140 valence electrons. The predicted octanol–water partition coefficient (Wildman–Crippen LogP) is 5.35. The molecule has 0 radical (unpaired) electrons. The van der Waals surface area contributed by atoms with Crippen molar-refractivity contribution in [3.05, 3.63) is 52.0 Å². The summed E-state index contributed by atoms with van der Waals surface area (Å²) in [6.45, 7) is 3.47. The first-order valence-corrected chi connectivity index (χ1v) is 10.8. The number of amides is 1. The van der Waals surface area contributed by atoms with Crippen LogP contribution in [0.4, 0.5) is 5.69 Å². The molecular formula is C21H21BrN2O2S. The Balaban J connectivity index is 1.60. The minimum Gasteiger partial charge on any atom is -0.376 e. The van der Waals surface area contributed by atoms with Gasteiger partial charge in [-0.15, -0.1) is 0 Å². The number of fused-ring (bicyclic) bond motifs is 2. The molecule has 0 unspecified atom stereocenters. The summed E-state index contributed by atoms with van der Waals surface area (Å²) in [5, 5.41) is 2.99. The van der Waals surface area contributed by atoms with Crippen molar-refractivity contribution < 1.29 is 9.53 Å². The first kappa shape index (κ1) is 18.7. The highest BCUT2D eigenvalue weighted by Gasteiger charge is 2.20. The second-order valence-corrected chi connectivity index (χ2v) is 8.68. The van der Waals surface area contributed by atoms with Gasteiger partial charge in [-0.25, -0.2) is 0 Å². The van der Waals surface area contributed by atoms with E-state index >= 15 is 0 Å². The van der Waals surface area contributed by atoms with Gasteiger partial charge in [0.05, 0.1) is 11.8 Å². The van der Waals surface area contributed by atoms with E-state index in [-0.39, 0.29) is 12.0 Å². The Kier molecular flexibility index (Phi) is 5.66. The molecule has 4 rings (SSSR count). The molecule has 0 bridgehead atoms. The molecule has 4 nitrogen and oxygen atoms in total. The fourth-order valence-corrected chi connectivity index (χ4v) is 4.72. The lowest BCUT2D eigenvalue weighted by Gasteiger charge is -2.11. The molecule has 2 heterocycles. The average Bonchev–Trinajstić information content (AvgIpc) is 3.14. The molecule has 1 atom stereocenters. The van der Waals surface area contributed by atoms with Gasteiger partial charge in [0, 0.05) is 44.3 Å². The van der Waals surface area contributed by atoms with Crippen LogP contribution in [-0.2, 0) is 4.74 Å². The number of benzene rings is 2. The van der Waals surface area contributed by atoms with E-state index in [0.29, 0.717) is 12.1 Å². The molecule has 0 aliphatic carbocycles. The number of hydrogen-bond acceptors (Lipinski definition) is 4. The molecule has 2 aliphatic rings. The number of carbonyl (C=O) groups is 1. The SMILES string of the molecule is CCC1=Nc2cc(C(=O)NC[C@@H]3CCCO3)ccc2Sc2ccc(Br)cc21. The van der Waals surface area contributed by atoms with Gasteiger partial charge >= 0.3 is 0 Å². The Morgan fingerprint density at radius 2 is 2.15 bits per heavy atom. The monoisotopic (exact) mass is 444 g/mol. The molecule has 1 saturated heterocycles. The maximum absolute atomic E-state index is 12.6. The third-order valence-corrected chi connectivity index (χ3v) is 6.43. The van der Waals surface area contributed by atoms with Crippen LogP contribution in [0.15, 0.2) is 55.7 Å². The first-order chi connectivity index (χ1) is 13.1. The fourth-order valence-electron chi connectivity index (χ4n) is 3.36. The summed E-state index contributed by atoms with van der Waals surface area (Å²) in [5.74, 6) is -0.0731. The predicted molar refractivity (Wildman–Crippen MR) is 113 cm³/mol.